The second kappa shape index (κ2) is 8.21. The van der Waals surface area contributed by atoms with Crippen LogP contribution in [0.1, 0.15) is 43.0 Å². The molecule has 0 spiro atoms. The highest BCUT2D eigenvalue weighted by Gasteiger charge is 2.42. The van der Waals surface area contributed by atoms with E-state index in [-0.39, 0.29) is 22.8 Å². The summed E-state index contributed by atoms with van der Waals surface area (Å²) < 4.78 is 26.9. The van der Waals surface area contributed by atoms with E-state index in [0.29, 0.717) is 36.8 Å². The molecule has 1 aliphatic carbocycles. The van der Waals surface area contributed by atoms with Crippen molar-refractivity contribution in [3.05, 3.63) is 29.8 Å². The number of likely N-dealkylation sites (tertiary alicyclic amines) is 1. The number of piperidine rings is 1. The molecule has 1 aromatic carbocycles. The molecule has 154 valence electrons. The van der Waals surface area contributed by atoms with E-state index in [1.54, 1.807) is 29.0 Å². The zero-order valence-electron chi connectivity index (χ0n) is 16.7. The van der Waals surface area contributed by atoms with E-state index in [4.69, 9.17) is 0 Å². The largest absolute Gasteiger partial charge is 0.345 e. The second-order valence-electron chi connectivity index (χ2n) is 7.96. The molecule has 0 unspecified atom stereocenters. The molecule has 1 heterocycles. The van der Waals surface area contributed by atoms with Crippen LogP contribution < -0.4 is 4.72 Å². The zero-order chi connectivity index (χ0) is 20.5. The Hall–Kier alpha value is -1.93. The first kappa shape index (κ1) is 20.8. The van der Waals surface area contributed by atoms with Crippen LogP contribution in [0.4, 0.5) is 0 Å². The minimum absolute atomic E-state index is 0.108. The van der Waals surface area contributed by atoms with Crippen LogP contribution in [0.5, 0.6) is 0 Å². The van der Waals surface area contributed by atoms with Gasteiger partial charge in [0.25, 0.3) is 5.91 Å². The lowest BCUT2D eigenvalue weighted by Gasteiger charge is -2.31. The number of amides is 2. The van der Waals surface area contributed by atoms with Crippen molar-refractivity contribution in [3.63, 3.8) is 0 Å². The Bertz CT molecular complexity index is 838. The number of hydrogen-bond donors (Lipinski definition) is 1. The SMILES string of the molecule is CCCNS(=O)(=O)c1ccc(C(=O)N(C)[C@@H]2C[C@@H]3CC(=O)N(C)C[C@@H]3C2)cc1. The lowest BCUT2D eigenvalue weighted by Crippen LogP contribution is -2.39. The molecule has 1 N–H and O–H groups in total. The normalized spacial score (nSPS) is 24.9. The summed E-state index contributed by atoms with van der Waals surface area (Å²) in [7, 11) is 0.0968. The van der Waals surface area contributed by atoms with Crippen molar-refractivity contribution in [2.45, 2.75) is 43.5 Å². The number of carbonyl (C=O) groups excluding carboxylic acids is 2. The summed E-state index contributed by atoms with van der Waals surface area (Å²) in [5.74, 6) is 0.861. The van der Waals surface area contributed by atoms with Crippen molar-refractivity contribution in [3.8, 4) is 0 Å². The van der Waals surface area contributed by atoms with Gasteiger partial charge >= 0.3 is 0 Å². The van der Waals surface area contributed by atoms with E-state index in [1.165, 1.54) is 12.1 Å². The molecule has 0 aromatic heterocycles. The second-order valence-corrected chi connectivity index (χ2v) is 9.73. The number of rotatable bonds is 6. The van der Waals surface area contributed by atoms with E-state index in [0.717, 1.165) is 19.4 Å². The average molecular weight is 408 g/mol. The summed E-state index contributed by atoms with van der Waals surface area (Å²) in [5, 5.41) is 0. The van der Waals surface area contributed by atoms with Gasteiger partial charge in [-0.15, -0.1) is 0 Å². The summed E-state index contributed by atoms with van der Waals surface area (Å²) in [6.07, 6.45) is 3.03. The van der Waals surface area contributed by atoms with Crippen molar-refractivity contribution in [2.75, 3.05) is 27.2 Å². The summed E-state index contributed by atoms with van der Waals surface area (Å²) in [6.45, 7) is 3.04. The van der Waals surface area contributed by atoms with Crippen LogP contribution in [-0.4, -0.2) is 63.3 Å². The average Bonchev–Trinajstić information content (AvgIpc) is 3.08. The Morgan fingerprint density at radius 1 is 1.21 bits per heavy atom. The van der Waals surface area contributed by atoms with Crippen molar-refractivity contribution in [1.29, 1.82) is 0 Å². The van der Waals surface area contributed by atoms with Gasteiger partial charge in [0, 0.05) is 45.2 Å². The molecule has 0 radical (unpaired) electrons. The first-order valence-electron chi connectivity index (χ1n) is 9.83. The van der Waals surface area contributed by atoms with Gasteiger partial charge in [-0.25, -0.2) is 13.1 Å². The Balaban J connectivity index is 1.66. The van der Waals surface area contributed by atoms with Crippen LogP contribution in [0.15, 0.2) is 29.2 Å². The van der Waals surface area contributed by atoms with Crippen molar-refractivity contribution >= 4 is 21.8 Å². The monoisotopic (exact) mass is 407 g/mol. The lowest BCUT2D eigenvalue weighted by atomic mass is 9.88. The number of hydrogen-bond acceptors (Lipinski definition) is 4. The fourth-order valence-corrected chi connectivity index (χ4v) is 5.40. The fraction of sp³-hybridized carbons (Fsp3) is 0.600. The van der Waals surface area contributed by atoms with Crippen LogP contribution in [0.3, 0.4) is 0 Å². The number of sulfonamides is 1. The highest BCUT2D eigenvalue weighted by Crippen LogP contribution is 2.40. The molecule has 1 aliphatic heterocycles. The van der Waals surface area contributed by atoms with E-state index in [1.807, 2.05) is 14.0 Å². The summed E-state index contributed by atoms with van der Waals surface area (Å²) in [4.78, 5) is 28.5. The predicted octanol–water partition coefficient (Wildman–Crippen LogP) is 1.70. The quantitative estimate of drug-likeness (QED) is 0.778. The highest BCUT2D eigenvalue weighted by atomic mass is 32.2. The summed E-state index contributed by atoms with van der Waals surface area (Å²) in [6, 6.07) is 6.19. The maximum absolute atomic E-state index is 12.9. The van der Waals surface area contributed by atoms with Crippen LogP contribution in [0.2, 0.25) is 0 Å². The maximum atomic E-state index is 12.9. The molecule has 28 heavy (non-hydrogen) atoms. The van der Waals surface area contributed by atoms with Crippen LogP contribution >= 0.6 is 0 Å². The molecule has 1 aromatic rings. The Morgan fingerprint density at radius 3 is 2.50 bits per heavy atom. The Labute approximate surface area is 167 Å². The van der Waals surface area contributed by atoms with Gasteiger partial charge in [-0.05, 0) is 55.4 Å². The van der Waals surface area contributed by atoms with Gasteiger partial charge in [-0.1, -0.05) is 6.92 Å². The van der Waals surface area contributed by atoms with E-state index in [9.17, 15) is 18.0 Å². The summed E-state index contributed by atoms with van der Waals surface area (Å²) >= 11 is 0. The number of benzene rings is 1. The Morgan fingerprint density at radius 2 is 1.86 bits per heavy atom. The zero-order valence-corrected chi connectivity index (χ0v) is 17.5. The van der Waals surface area contributed by atoms with Gasteiger partial charge in [0.1, 0.15) is 0 Å². The molecule has 1 saturated carbocycles. The number of nitrogens with one attached hydrogen (secondary N) is 1. The van der Waals surface area contributed by atoms with Crippen LogP contribution in [-0.2, 0) is 14.8 Å². The van der Waals surface area contributed by atoms with Crippen molar-refractivity contribution in [1.82, 2.24) is 14.5 Å². The Kier molecular flexibility index (Phi) is 6.09. The third-order valence-corrected chi connectivity index (χ3v) is 7.49. The van der Waals surface area contributed by atoms with E-state index in [2.05, 4.69) is 4.72 Å². The van der Waals surface area contributed by atoms with E-state index >= 15 is 0 Å². The standard InChI is InChI=1S/C20H29N3O4S/c1-4-9-21-28(26,27)18-7-5-14(6-8-18)20(25)23(3)17-10-15-12-19(24)22(2)13-16(15)11-17/h5-8,15-17,21H,4,9-13H2,1-3H3/t15-,16+,17-/m1/s1. The van der Waals surface area contributed by atoms with Gasteiger partial charge in [-0.3, -0.25) is 9.59 Å². The van der Waals surface area contributed by atoms with Gasteiger partial charge in [0.2, 0.25) is 15.9 Å². The molecule has 3 rings (SSSR count). The lowest BCUT2D eigenvalue weighted by molar-refractivity contribution is -0.134. The molecular formula is C20H29N3O4S. The van der Waals surface area contributed by atoms with Gasteiger partial charge < -0.3 is 9.80 Å². The van der Waals surface area contributed by atoms with Gasteiger partial charge in [0.15, 0.2) is 0 Å². The summed E-state index contributed by atoms with van der Waals surface area (Å²) in [5.41, 5.74) is 0.472. The van der Waals surface area contributed by atoms with Crippen LogP contribution in [0, 0.1) is 11.8 Å². The molecule has 8 heteroatoms. The third-order valence-electron chi connectivity index (χ3n) is 6.01. The first-order valence-corrected chi connectivity index (χ1v) is 11.3. The molecule has 2 aliphatic rings. The van der Waals surface area contributed by atoms with E-state index < -0.39 is 10.0 Å². The molecule has 1 saturated heterocycles. The number of carbonyl (C=O) groups is 2. The van der Waals surface area contributed by atoms with Crippen molar-refractivity contribution < 1.29 is 18.0 Å². The first-order chi connectivity index (χ1) is 13.2. The maximum Gasteiger partial charge on any atom is 0.253 e. The van der Waals surface area contributed by atoms with Crippen molar-refractivity contribution in [2.24, 2.45) is 11.8 Å². The minimum atomic E-state index is -3.54. The van der Waals surface area contributed by atoms with Gasteiger partial charge in [-0.2, -0.15) is 0 Å². The number of fused-ring (bicyclic) bond motifs is 1. The molecule has 2 amide bonds. The molecule has 7 nitrogen and oxygen atoms in total. The molecular weight excluding hydrogens is 378 g/mol. The third kappa shape index (κ3) is 4.22. The van der Waals surface area contributed by atoms with Gasteiger partial charge in [0.05, 0.1) is 4.90 Å². The molecule has 3 atom stereocenters. The minimum Gasteiger partial charge on any atom is -0.345 e. The predicted molar refractivity (Wildman–Crippen MR) is 106 cm³/mol. The number of nitrogens with zero attached hydrogens (tertiary/aromatic N) is 2. The highest BCUT2D eigenvalue weighted by molar-refractivity contribution is 7.89. The topological polar surface area (TPSA) is 86.8 Å². The molecule has 0 bridgehead atoms. The van der Waals surface area contributed by atoms with Crippen LogP contribution in [0.25, 0.3) is 0 Å². The molecule has 2 fully saturated rings. The smallest absolute Gasteiger partial charge is 0.253 e. The fourth-order valence-electron chi connectivity index (χ4n) is 4.27.